The highest BCUT2D eigenvalue weighted by Crippen LogP contribution is 2.39. The van der Waals surface area contributed by atoms with Crippen LogP contribution in [0.5, 0.6) is 0 Å². The van der Waals surface area contributed by atoms with Crippen molar-refractivity contribution >= 4 is 5.78 Å². The Balaban J connectivity index is 1.66. The second-order valence-electron chi connectivity index (χ2n) is 5.99. The van der Waals surface area contributed by atoms with E-state index in [0.717, 1.165) is 31.1 Å². The summed E-state index contributed by atoms with van der Waals surface area (Å²) in [7, 11) is 0. The van der Waals surface area contributed by atoms with Gasteiger partial charge in [-0.2, -0.15) is 0 Å². The molecule has 1 aliphatic heterocycles. The van der Waals surface area contributed by atoms with Gasteiger partial charge in [-0.05, 0) is 37.5 Å². The standard InChI is InChI=1S/C14H23NO/c16-14-8-3-1-2-7-13(14)15-9-11-5-4-6-12(11)10-15/h11-13H,1-10H2. The average Bonchev–Trinajstić information content (AvgIpc) is 2.77. The number of hydrogen-bond donors (Lipinski definition) is 0. The first-order valence-corrected chi connectivity index (χ1v) is 7.11. The lowest BCUT2D eigenvalue weighted by Gasteiger charge is -2.26. The van der Waals surface area contributed by atoms with Crippen LogP contribution in [-0.4, -0.2) is 29.8 Å². The van der Waals surface area contributed by atoms with Crippen LogP contribution in [0.15, 0.2) is 0 Å². The third-order valence-corrected chi connectivity index (χ3v) is 4.97. The van der Waals surface area contributed by atoms with Gasteiger partial charge in [0.05, 0.1) is 6.04 Å². The molecule has 3 atom stereocenters. The molecule has 3 unspecified atom stereocenters. The summed E-state index contributed by atoms with van der Waals surface area (Å²) >= 11 is 0. The highest BCUT2D eigenvalue weighted by Gasteiger charge is 2.40. The fraction of sp³-hybridized carbons (Fsp3) is 0.929. The summed E-state index contributed by atoms with van der Waals surface area (Å²) in [5.41, 5.74) is 0. The van der Waals surface area contributed by atoms with Crippen molar-refractivity contribution in [2.24, 2.45) is 11.8 Å². The molecule has 0 aromatic rings. The van der Waals surface area contributed by atoms with Crippen LogP contribution in [0.1, 0.15) is 51.4 Å². The average molecular weight is 221 g/mol. The number of hydrogen-bond acceptors (Lipinski definition) is 2. The Bertz CT molecular complexity index is 264. The molecule has 2 aliphatic carbocycles. The Kier molecular flexibility index (Phi) is 3.01. The third-order valence-electron chi connectivity index (χ3n) is 4.97. The number of Topliss-reactive ketones (excluding diaryl/α,β-unsaturated/α-hetero) is 1. The van der Waals surface area contributed by atoms with E-state index >= 15 is 0 Å². The molecule has 2 nitrogen and oxygen atoms in total. The molecule has 0 spiro atoms. The summed E-state index contributed by atoms with van der Waals surface area (Å²) in [5.74, 6) is 2.39. The third kappa shape index (κ3) is 1.92. The molecule has 16 heavy (non-hydrogen) atoms. The largest absolute Gasteiger partial charge is 0.298 e. The Hall–Kier alpha value is -0.370. The maximum Gasteiger partial charge on any atom is 0.149 e. The lowest BCUT2D eigenvalue weighted by molar-refractivity contribution is -0.123. The van der Waals surface area contributed by atoms with Gasteiger partial charge in [-0.25, -0.2) is 0 Å². The van der Waals surface area contributed by atoms with Crippen molar-refractivity contribution in [1.29, 1.82) is 0 Å². The molecule has 3 fully saturated rings. The first-order valence-electron chi connectivity index (χ1n) is 7.11. The van der Waals surface area contributed by atoms with E-state index in [2.05, 4.69) is 4.90 Å². The Morgan fingerprint density at radius 3 is 2.38 bits per heavy atom. The molecule has 0 aromatic heterocycles. The van der Waals surface area contributed by atoms with Gasteiger partial charge in [0.25, 0.3) is 0 Å². The van der Waals surface area contributed by atoms with Crippen LogP contribution in [0.4, 0.5) is 0 Å². The molecule has 0 bridgehead atoms. The molecule has 3 aliphatic rings. The van der Waals surface area contributed by atoms with E-state index in [1.165, 1.54) is 45.2 Å². The van der Waals surface area contributed by atoms with Crippen molar-refractivity contribution in [3.05, 3.63) is 0 Å². The van der Waals surface area contributed by atoms with E-state index < -0.39 is 0 Å². The lowest BCUT2D eigenvalue weighted by Crippen LogP contribution is -2.39. The van der Waals surface area contributed by atoms with E-state index in [-0.39, 0.29) is 0 Å². The van der Waals surface area contributed by atoms with Crippen LogP contribution in [0.3, 0.4) is 0 Å². The molecule has 3 rings (SSSR count). The minimum absolute atomic E-state index is 0.299. The molecule has 0 aromatic carbocycles. The summed E-state index contributed by atoms with van der Waals surface area (Å²) in [6.07, 6.45) is 9.92. The molecule has 2 heteroatoms. The lowest BCUT2D eigenvalue weighted by atomic mass is 10.0. The van der Waals surface area contributed by atoms with Gasteiger partial charge in [0.1, 0.15) is 5.78 Å². The summed E-state index contributed by atoms with van der Waals surface area (Å²) in [6.45, 7) is 2.45. The first kappa shape index (κ1) is 10.8. The van der Waals surface area contributed by atoms with Crippen LogP contribution >= 0.6 is 0 Å². The SMILES string of the molecule is O=C1CCCCCC1N1CC2CCCC2C1. The predicted octanol–water partition coefficient (Wildman–Crippen LogP) is 2.62. The first-order chi connectivity index (χ1) is 7.84. The normalized spacial score (nSPS) is 41.0. The van der Waals surface area contributed by atoms with Crippen molar-refractivity contribution in [3.8, 4) is 0 Å². The molecule has 90 valence electrons. The zero-order valence-corrected chi connectivity index (χ0v) is 10.2. The molecule has 0 amide bonds. The minimum Gasteiger partial charge on any atom is -0.298 e. The molecular weight excluding hydrogens is 198 g/mol. The zero-order chi connectivity index (χ0) is 11.0. The van der Waals surface area contributed by atoms with Crippen molar-refractivity contribution < 1.29 is 4.79 Å². The zero-order valence-electron chi connectivity index (χ0n) is 10.2. The monoisotopic (exact) mass is 221 g/mol. The quantitative estimate of drug-likeness (QED) is 0.634. The van der Waals surface area contributed by atoms with Gasteiger partial charge in [-0.3, -0.25) is 9.69 Å². The van der Waals surface area contributed by atoms with Crippen molar-refractivity contribution in [2.45, 2.75) is 57.4 Å². The summed E-state index contributed by atoms with van der Waals surface area (Å²) in [4.78, 5) is 14.6. The Morgan fingerprint density at radius 1 is 0.875 bits per heavy atom. The van der Waals surface area contributed by atoms with Crippen LogP contribution < -0.4 is 0 Å². The highest BCUT2D eigenvalue weighted by molar-refractivity contribution is 5.84. The summed E-state index contributed by atoms with van der Waals surface area (Å²) < 4.78 is 0. The van der Waals surface area contributed by atoms with Crippen LogP contribution in [0, 0.1) is 11.8 Å². The number of rotatable bonds is 1. The van der Waals surface area contributed by atoms with E-state index in [4.69, 9.17) is 0 Å². The topological polar surface area (TPSA) is 20.3 Å². The molecular formula is C14H23NO. The Morgan fingerprint density at radius 2 is 1.62 bits per heavy atom. The van der Waals surface area contributed by atoms with Gasteiger partial charge in [0.15, 0.2) is 0 Å². The number of carbonyl (C=O) groups is 1. The number of ketones is 1. The highest BCUT2D eigenvalue weighted by atomic mass is 16.1. The second-order valence-corrected chi connectivity index (χ2v) is 5.99. The van der Waals surface area contributed by atoms with Gasteiger partial charge < -0.3 is 0 Å². The van der Waals surface area contributed by atoms with E-state index in [1.807, 2.05) is 0 Å². The predicted molar refractivity (Wildman–Crippen MR) is 64.3 cm³/mol. The van der Waals surface area contributed by atoms with Crippen molar-refractivity contribution in [3.63, 3.8) is 0 Å². The number of nitrogens with zero attached hydrogens (tertiary/aromatic N) is 1. The number of carbonyl (C=O) groups excluding carboxylic acids is 1. The van der Waals surface area contributed by atoms with Gasteiger partial charge in [0.2, 0.25) is 0 Å². The van der Waals surface area contributed by atoms with E-state index in [9.17, 15) is 4.79 Å². The molecule has 0 N–H and O–H groups in total. The van der Waals surface area contributed by atoms with E-state index in [1.54, 1.807) is 0 Å². The fourth-order valence-electron chi connectivity index (χ4n) is 4.05. The van der Waals surface area contributed by atoms with Gasteiger partial charge >= 0.3 is 0 Å². The number of fused-ring (bicyclic) bond motifs is 1. The smallest absolute Gasteiger partial charge is 0.149 e. The maximum absolute atomic E-state index is 12.1. The van der Waals surface area contributed by atoms with E-state index in [0.29, 0.717) is 11.8 Å². The molecule has 1 heterocycles. The van der Waals surface area contributed by atoms with Crippen LogP contribution in [0.2, 0.25) is 0 Å². The molecule has 0 radical (unpaired) electrons. The molecule has 1 saturated heterocycles. The summed E-state index contributed by atoms with van der Waals surface area (Å²) in [5, 5.41) is 0. The van der Waals surface area contributed by atoms with Gasteiger partial charge in [-0.15, -0.1) is 0 Å². The second kappa shape index (κ2) is 4.48. The fourth-order valence-corrected chi connectivity index (χ4v) is 4.05. The number of likely N-dealkylation sites (tertiary alicyclic amines) is 1. The maximum atomic E-state index is 12.1. The summed E-state index contributed by atoms with van der Waals surface area (Å²) in [6, 6.07) is 0.299. The molecule has 2 saturated carbocycles. The van der Waals surface area contributed by atoms with Crippen molar-refractivity contribution in [1.82, 2.24) is 4.90 Å². The van der Waals surface area contributed by atoms with Gasteiger partial charge in [-0.1, -0.05) is 19.3 Å². The minimum atomic E-state index is 0.299. The van der Waals surface area contributed by atoms with Crippen molar-refractivity contribution in [2.75, 3.05) is 13.1 Å². The van der Waals surface area contributed by atoms with Crippen LogP contribution in [0.25, 0.3) is 0 Å². The Labute approximate surface area is 98.4 Å². The van der Waals surface area contributed by atoms with Gasteiger partial charge in [0, 0.05) is 19.5 Å². The van der Waals surface area contributed by atoms with Crippen LogP contribution in [-0.2, 0) is 4.79 Å².